The van der Waals surface area contributed by atoms with Crippen molar-refractivity contribution in [3.05, 3.63) is 27.9 Å². The minimum absolute atomic E-state index is 0.739. The van der Waals surface area contributed by atoms with Crippen LogP contribution in [0, 0.1) is 0 Å². The molecule has 0 amide bonds. The maximum atomic E-state index is 5.45. The Kier molecular flexibility index (Phi) is 4.15. The fourth-order valence-corrected chi connectivity index (χ4v) is 2.47. The molecule has 0 aromatic carbocycles. The third-order valence-electron chi connectivity index (χ3n) is 2.06. The predicted molar refractivity (Wildman–Crippen MR) is 69.5 cm³/mol. The Bertz CT molecular complexity index is 452. The van der Waals surface area contributed by atoms with E-state index in [0.29, 0.717) is 0 Å². The van der Waals surface area contributed by atoms with E-state index in [1.165, 1.54) is 4.88 Å². The van der Waals surface area contributed by atoms with Crippen LogP contribution in [-0.2, 0) is 6.54 Å². The molecule has 1 N–H and O–H groups in total. The van der Waals surface area contributed by atoms with Gasteiger partial charge < -0.3 is 9.73 Å². The number of nitrogens with one attached hydrogen (secondary N) is 1. The van der Waals surface area contributed by atoms with Gasteiger partial charge in [-0.05, 0) is 41.0 Å². The lowest BCUT2D eigenvalue weighted by molar-refractivity contribution is 0.555. The summed E-state index contributed by atoms with van der Waals surface area (Å²) in [6.45, 7) is 4.08. The van der Waals surface area contributed by atoms with E-state index in [9.17, 15) is 0 Å². The van der Waals surface area contributed by atoms with Crippen LogP contribution >= 0.6 is 27.3 Å². The minimum atomic E-state index is 0.739. The van der Waals surface area contributed by atoms with Crippen molar-refractivity contribution in [2.24, 2.45) is 0 Å². The summed E-state index contributed by atoms with van der Waals surface area (Å²) in [6, 6.07) is 3.80. The normalized spacial score (nSPS) is 10.9. The zero-order valence-corrected chi connectivity index (χ0v) is 11.4. The summed E-state index contributed by atoms with van der Waals surface area (Å²) < 4.78 is 6.19. The Labute approximate surface area is 107 Å². The molecule has 0 aliphatic heterocycles. The topological polar surface area (TPSA) is 38.1 Å². The summed E-state index contributed by atoms with van der Waals surface area (Å²) >= 11 is 4.95. The molecule has 2 heterocycles. The van der Waals surface area contributed by atoms with Crippen LogP contribution in [0.15, 0.2) is 27.4 Å². The number of aromatic nitrogens is 1. The van der Waals surface area contributed by atoms with Crippen LogP contribution < -0.4 is 5.32 Å². The molecule has 0 saturated heterocycles. The van der Waals surface area contributed by atoms with Crippen molar-refractivity contribution >= 4 is 27.3 Å². The summed E-state index contributed by atoms with van der Waals surface area (Å²) in [5, 5.41) is 4.28. The molecule has 0 saturated carbocycles. The average Bonchev–Trinajstić information content (AvgIpc) is 2.87. The third kappa shape index (κ3) is 2.93. The number of hydrogen-bond donors (Lipinski definition) is 1. The highest BCUT2D eigenvalue weighted by Gasteiger charge is 2.08. The van der Waals surface area contributed by atoms with Crippen molar-refractivity contribution in [2.45, 2.75) is 19.9 Å². The number of rotatable bonds is 5. The Balaban J connectivity index is 2.02. The standard InChI is InChI=1S/C11H13BrN2OS/c1-2-5-13-6-8-7-14-11(16-8)9-3-4-10(12)15-9/h3-4,7,13H,2,5-6H2,1H3. The zero-order valence-electron chi connectivity index (χ0n) is 9.00. The average molecular weight is 301 g/mol. The molecule has 0 aliphatic rings. The molecule has 0 unspecified atom stereocenters. The quantitative estimate of drug-likeness (QED) is 0.856. The first-order valence-corrected chi connectivity index (χ1v) is 6.81. The van der Waals surface area contributed by atoms with Gasteiger partial charge in [0, 0.05) is 17.6 Å². The van der Waals surface area contributed by atoms with Crippen molar-refractivity contribution in [1.82, 2.24) is 10.3 Å². The van der Waals surface area contributed by atoms with Gasteiger partial charge in [-0.25, -0.2) is 4.98 Å². The van der Waals surface area contributed by atoms with E-state index in [4.69, 9.17) is 4.42 Å². The molecule has 3 nitrogen and oxygen atoms in total. The molecule has 0 atom stereocenters. The van der Waals surface area contributed by atoms with Crippen LogP contribution in [-0.4, -0.2) is 11.5 Å². The second-order valence-corrected chi connectivity index (χ2v) is 5.31. The molecule has 2 aromatic rings. The highest BCUT2D eigenvalue weighted by atomic mass is 79.9. The Hall–Kier alpha value is -0.650. The molecular formula is C11H13BrN2OS. The fraction of sp³-hybridized carbons (Fsp3) is 0.364. The lowest BCUT2D eigenvalue weighted by Crippen LogP contribution is -2.12. The predicted octanol–water partition coefficient (Wildman–Crippen LogP) is 3.67. The Morgan fingerprint density at radius 1 is 1.50 bits per heavy atom. The molecule has 5 heteroatoms. The summed E-state index contributed by atoms with van der Waals surface area (Å²) in [7, 11) is 0. The summed E-state index contributed by atoms with van der Waals surface area (Å²) in [6.07, 6.45) is 3.05. The van der Waals surface area contributed by atoms with Crippen molar-refractivity contribution in [3.8, 4) is 10.8 Å². The number of furan rings is 1. The summed E-state index contributed by atoms with van der Waals surface area (Å²) in [4.78, 5) is 5.57. The smallest absolute Gasteiger partial charge is 0.170 e. The van der Waals surface area contributed by atoms with Gasteiger partial charge in [0.05, 0.1) is 0 Å². The first-order chi connectivity index (χ1) is 7.79. The number of thiazole rings is 1. The van der Waals surface area contributed by atoms with E-state index < -0.39 is 0 Å². The Morgan fingerprint density at radius 2 is 2.38 bits per heavy atom. The Morgan fingerprint density at radius 3 is 3.06 bits per heavy atom. The largest absolute Gasteiger partial charge is 0.447 e. The number of nitrogens with zero attached hydrogens (tertiary/aromatic N) is 1. The molecule has 16 heavy (non-hydrogen) atoms. The number of hydrogen-bond acceptors (Lipinski definition) is 4. The molecule has 0 aliphatic carbocycles. The second kappa shape index (κ2) is 5.61. The van der Waals surface area contributed by atoms with Gasteiger partial charge in [0.15, 0.2) is 15.4 Å². The maximum absolute atomic E-state index is 5.45. The van der Waals surface area contributed by atoms with E-state index in [2.05, 4.69) is 33.2 Å². The van der Waals surface area contributed by atoms with E-state index >= 15 is 0 Å². The molecule has 0 spiro atoms. The lowest BCUT2D eigenvalue weighted by Gasteiger charge is -1.97. The monoisotopic (exact) mass is 300 g/mol. The summed E-state index contributed by atoms with van der Waals surface area (Å²) in [5.41, 5.74) is 0. The molecular weight excluding hydrogens is 288 g/mol. The van der Waals surface area contributed by atoms with Gasteiger partial charge in [0.25, 0.3) is 0 Å². The zero-order chi connectivity index (χ0) is 11.4. The van der Waals surface area contributed by atoms with Gasteiger partial charge >= 0.3 is 0 Å². The van der Waals surface area contributed by atoms with Crippen molar-refractivity contribution in [2.75, 3.05) is 6.54 Å². The van der Waals surface area contributed by atoms with Gasteiger partial charge in [0.1, 0.15) is 0 Å². The summed E-state index contributed by atoms with van der Waals surface area (Å²) in [5.74, 6) is 0.818. The molecule has 0 bridgehead atoms. The van der Waals surface area contributed by atoms with Gasteiger partial charge in [-0.2, -0.15) is 0 Å². The van der Waals surface area contributed by atoms with Gasteiger partial charge in [0.2, 0.25) is 0 Å². The van der Waals surface area contributed by atoms with Crippen LogP contribution in [0.3, 0.4) is 0 Å². The third-order valence-corrected chi connectivity index (χ3v) is 3.50. The van der Waals surface area contributed by atoms with E-state index in [-0.39, 0.29) is 0 Å². The minimum Gasteiger partial charge on any atom is -0.447 e. The second-order valence-electron chi connectivity index (χ2n) is 3.41. The first kappa shape index (κ1) is 11.8. The molecule has 2 rings (SSSR count). The molecule has 2 aromatic heterocycles. The van der Waals surface area contributed by atoms with Crippen LogP contribution in [0.2, 0.25) is 0 Å². The van der Waals surface area contributed by atoms with Gasteiger partial charge in [-0.3, -0.25) is 0 Å². The van der Waals surface area contributed by atoms with Crippen LogP contribution in [0.4, 0.5) is 0 Å². The van der Waals surface area contributed by atoms with Gasteiger partial charge in [-0.15, -0.1) is 11.3 Å². The van der Waals surface area contributed by atoms with E-state index in [0.717, 1.165) is 34.9 Å². The number of halogens is 1. The van der Waals surface area contributed by atoms with Crippen LogP contribution in [0.5, 0.6) is 0 Å². The van der Waals surface area contributed by atoms with Gasteiger partial charge in [-0.1, -0.05) is 6.92 Å². The van der Waals surface area contributed by atoms with Crippen molar-refractivity contribution in [1.29, 1.82) is 0 Å². The first-order valence-electron chi connectivity index (χ1n) is 5.20. The highest BCUT2D eigenvalue weighted by Crippen LogP contribution is 2.28. The highest BCUT2D eigenvalue weighted by molar-refractivity contribution is 9.10. The fourth-order valence-electron chi connectivity index (χ4n) is 1.32. The molecule has 0 radical (unpaired) electrons. The van der Waals surface area contributed by atoms with E-state index in [1.807, 2.05) is 18.3 Å². The van der Waals surface area contributed by atoms with Crippen LogP contribution in [0.25, 0.3) is 10.8 Å². The van der Waals surface area contributed by atoms with Crippen molar-refractivity contribution < 1.29 is 4.42 Å². The SMILES string of the molecule is CCCNCc1cnc(-c2ccc(Br)o2)s1. The maximum Gasteiger partial charge on any atom is 0.170 e. The van der Waals surface area contributed by atoms with E-state index in [1.54, 1.807) is 11.3 Å². The molecule has 86 valence electrons. The van der Waals surface area contributed by atoms with Crippen LogP contribution in [0.1, 0.15) is 18.2 Å². The van der Waals surface area contributed by atoms with Crippen molar-refractivity contribution in [3.63, 3.8) is 0 Å². The lowest BCUT2D eigenvalue weighted by atomic mass is 10.4. The molecule has 0 fully saturated rings.